The molecular formula is C16H17NO2. The Labute approximate surface area is 113 Å². The van der Waals surface area contributed by atoms with E-state index in [9.17, 15) is 4.79 Å². The van der Waals surface area contributed by atoms with E-state index in [0.717, 1.165) is 22.4 Å². The Bertz CT molecular complexity index is 633. The quantitative estimate of drug-likeness (QED) is 0.790. The standard InChI is InChI=1S/C16H17NO2/c1-10-6-5-7-17-15(10)16(18)13-8-12(3)14(19-4)9-11(13)2/h5-9H,1-4H3. The number of pyridine rings is 1. The van der Waals surface area contributed by atoms with E-state index in [4.69, 9.17) is 4.74 Å². The molecule has 0 saturated heterocycles. The van der Waals surface area contributed by atoms with E-state index in [1.54, 1.807) is 13.3 Å². The van der Waals surface area contributed by atoms with Crippen LogP contribution < -0.4 is 4.74 Å². The number of ether oxygens (including phenoxy) is 1. The summed E-state index contributed by atoms with van der Waals surface area (Å²) in [5.74, 6) is 0.758. The van der Waals surface area contributed by atoms with Gasteiger partial charge in [-0.05, 0) is 55.7 Å². The van der Waals surface area contributed by atoms with Crippen molar-refractivity contribution in [1.29, 1.82) is 0 Å². The largest absolute Gasteiger partial charge is 0.496 e. The van der Waals surface area contributed by atoms with Gasteiger partial charge in [-0.25, -0.2) is 0 Å². The van der Waals surface area contributed by atoms with Crippen LogP contribution in [0.4, 0.5) is 0 Å². The molecule has 0 aliphatic carbocycles. The van der Waals surface area contributed by atoms with Gasteiger partial charge in [0, 0.05) is 11.8 Å². The highest BCUT2D eigenvalue weighted by Gasteiger charge is 2.16. The smallest absolute Gasteiger partial charge is 0.211 e. The predicted molar refractivity (Wildman–Crippen MR) is 74.9 cm³/mol. The topological polar surface area (TPSA) is 39.2 Å². The van der Waals surface area contributed by atoms with Crippen LogP contribution in [0.5, 0.6) is 5.75 Å². The van der Waals surface area contributed by atoms with Crippen molar-refractivity contribution in [1.82, 2.24) is 4.98 Å². The van der Waals surface area contributed by atoms with Crippen LogP contribution in [0.15, 0.2) is 30.5 Å². The second-order valence-corrected chi connectivity index (χ2v) is 4.63. The van der Waals surface area contributed by atoms with E-state index in [1.807, 2.05) is 45.0 Å². The molecule has 0 atom stereocenters. The molecule has 19 heavy (non-hydrogen) atoms. The Morgan fingerprint density at radius 1 is 1.11 bits per heavy atom. The molecule has 0 spiro atoms. The molecule has 98 valence electrons. The zero-order valence-corrected chi connectivity index (χ0v) is 11.7. The highest BCUT2D eigenvalue weighted by molar-refractivity contribution is 6.09. The van der Waals surface area contributed by atoms with E-state index in [2.05, 4.69) is 4.98 Å². The van der Waals surface area contributed by atoms with Gasteiger partial charge in [0.1, 0.15) is 11.4 Å². The summed E-state index contributed by atoms with van der Waals surface area (Å²) >= 11 is 0. The Balaban J connectivity index is 2.51. The Morgan fingerprint density at radius 3 is 2.47 bits per heavy atom. The highest BCUT2D eigenvalue weighted by atomic mass is 16.5. The van der Waals surface area contributed by atoms with Gasteiger partial charge in [-0.1, -0.05) is 6.07 Å². The second kappa shape index (κ2) is 5.22. The third-order valence-electron chi connectivity index (χ3n) is 3.21. The Hall–Kier alpha value is -2.16. The number of methoxy groups -OCH3 is 1. The van der Waals surface area contributed by atoms with Crippen LogP contribution in [-0.2, 0) is 0 Å². The number of hydrogen-bond donors (Lipinski definition) is 0. The van der Waals surface area contributed by atoms with Crippen LogP contribution in [0.3, 0.4) is 0 Å². The number of ketones is 1. The lowest BCUT2D eigenvalue weighted by Gasteiger charge is -2.11. The fourth-order valence-corrected chi connectivity index (χ4v) is 2.11. The minimum Gasteiger partial charge on any atom is -0.496 e. The highest BCUT2D eigenvalue weighted by Crippen LogP contribution is 2.24. The molecule has 1 aromatic heterocycles. The lowest BCUT2D eigenvalue weighted by atomic mass is 9.97. The molecule has 0 fully saturated rings. The van der Waals surface area contributed by atoms with Crippen LogP contribution in [0.1, 0.15) is 32.7 Å². The SMILES string of the molecule is COc1cc(C)c(C(=O)c2ncccc2C)cc1C. The summed E-state index contributed by atoms with van der Waals surface area (Å²) in [6, 6.07) is 7.48. The van der Waals surface area contributed by atoms with Gasteiger partial charge in [-0.2, -0.15) is 0 Å². The van der Waals surface area contributed by atoms with Gasteiger partial charge in [0.15, 0.2) is 0 Å². The summed E-state index contributed by atoms with van der Waals surface area (Å²) in [6.07, 6.45) is 1.64. The normalized spacial score (nSPS) is 10.3. The van der Waals surface area contributed by atoms with Crippen molar-refractivity contribution in [3.63, 3.8) is 0 Å². The maximum absolute atomic E-state index is 12.5. The summed E-state index contributed by atoms with van der Waals surface area (Å²) in [4.78, 5) is 16.7. The molecule has 1 aromatic carbocycles. The van der Waals surface area contributed by atoms with Gasteiger partial charge in [-0.15, -0.1) is 0 Å². The molecule has 0 aliphatic heterocycles. The predicted octanol–water partition coefficient (Wildman–Crippen LogP) is 3.25. The molecule has 0 saturated carbocycles. The number of rotatable bonds is 3. The lowest BCUT2D eigenvalue weighted by Crippen LogP contribution is -2.08. The van der Waals surface area contributed by atoms with Crippen LogP contribution in [-0.4, -0.2) is 17.9 Å². The summed E-state index contributed by atoms with van der Waals surface area (Å²) < 4.78 is 5.26. The lowest BCUT2D eigenvalue weighted by molar-refractivity contribution is 0.103. The summed E-state index contributed by atoms with van der Waals surface area (Å²) in [5, 5.41) is 0. The second-order valence-electron chi connectivity index (χ2n) is 4.63. The van der Waals surface area contributed by atoms with Gasteiger partial charge >= 0.3 is 0 Å². The number of benzene rings is 1. The van der Waals surface area contributed by atoms with Gasteiger partial charge < -0.3 is 4.74 Å². The fourth-order valence-electron chi connectivity index (χ4n) is 2.11. The van der Waals surface area contributed by atoms with Gasteiger partial charge in [0.05, 0.1) is 7.11 Å². The first-order valence-corrected chi connectivity index (χ1v) is 6.16. The summed E-state index contributed by atoms with van der Waals surface area (Å²) in [6.45, 7) is 5.74. The summed E-state index contributed by atoms with van der Waals surface area (Å²) in [5.41, 5.74) is 3.93. The van der Waals surface area contributed by atoms with Crippen molar-refractivity contribution in [2.75, 3.05) is 7.11 Å². The maximum atomic E-state index is 12.5. The van der Waals surface area contributed by atoms with Crippen LogP contribution in [0.25, 0.3) is 0 Å². The van der Waals surface area contributed by atoms with Crippen molar-refractivity contribution in [2.24, 2.45) is 0 Å². The molecule has 3 heteroatoms. The zero-order chi connectivity index (χ0) is 14.0. The van der Waals surface area contributed by atoms with Crippen molar-refractivity contribution in [2.45, 2.75) is 20.8 Å². The van der Waals surface area contributed by atoms with Gasteiger partial charge in [0.25, 0.3) is 0 Å². The molecule has 0 N–H and O–H groups in total. The number of aromatic nitrogens is 1. The number of aryl methyl sites for hydroxylation is 3. The maximum Gasteiger partial charge on any atom is 0.211 e. The van der Waals surface area contributed by atoms with Crippen molar-refractivity contribution in [3.8, 4) is 5.75 Å². The molecule has 0 bridgehead atoms. The molecule has 0 amide bonds. The number of carbonyl (C=O) groups excluding carboxylic acids is 1. The summed E-state index contributed by atoms with van der Waals surface area (Å²) in [7, 11) is 1.63. The van der Waals surface area contributed by atoms with Crippen LogP contribution in [0, 0.1) is 20.8 Å². The molecule has 3 nitrogen and oxygen atoms in total. The first-order chi connectivity index (χ1) is 9.04. The average Bonchev–Trinajstić information content (AvgIpc) is 2.40. The molecular weight excluding hydrogens is 238 g/mol. The minimum atomic E-state index is -0.0404. The van der Waals surface area contributed by atoms with E-state index in [0.29, 0.717) is 11.3 Å². The average molecular weight is 255 g/mol. The third-order valence-corrected chi connectivity index (χ3v) is 3.21. The number of hydrogen-bond acceptors (Lipinski definition) is 3. The number of carbonyl (C=O) groups is 1. The first-order valence-electron chi connectivity index (χ1n) is 6.16. The monoisotopic (exact) mass is 255 g/mol. The Kier molecular flexibility index (Phi) is 3.65. The molecule has 1 heterocycles. The minimum absolute atomic E-state index is 0.0404. The molecule has 0 unspecified atom stereocenters. The first kappa shape index (κ1) is 13.3. The fraction of sp³-hybridized carbons (Fsp3) is 0.250. The van der Waals surface area contributed by atoms with Gasteiger partial charge in [-0.3, -0.25) is 9.78 Å². The van der Waals surface area contributed by atoms with Crippen LogP contribution >= 0.6 is 0 Å². The van der Waals surface area contributed by atoms with Gasteiger partial charge in [0.2, 0.25) is 5.78 Å². The van der Waals surface area contributed by atoms with E-state index in [-0.39, 0.29) is 5.78 Å². The van der Waals surface area contributed by atoms with Crippen molar-refractivity contribution in [3.05, 3.63) is 58.4 Å². The van der Waals surface area contributed by atoms with E-state index in [1.165, 1.54) is 0 Å². The van der Waals surface area contributed by atoms with Crippen LogP contribution in [0.2, 0.25) is 0 Å². The zero-order valence-electron chi connectivity index (χ0n) is 11.7. The van der Waals surface area contributed by atoms with E-state index < -0.39 is 0 Å². The molecule has 0 aliphatic rings. The van der Waals surface area contributed by atoms with Crippen molar-refractivity contribution < 1.29 is 9.53 Å². The molecule has 2 rings (SSSR count). The van der Waals surface area contributed by atoms with E-state index >= 15 is 0 Å². The van der Waals surface area contributed by atoms with Crippen molar-refractivity contribution >= 4 is 5.78 Å². The third kappa shape index (κ3) is 2.50. The Morgan fingerprint density at radius 2 is 1.84 bits per heavy atom. The number of nitrogens with zero attached hydrogens (tertiary/aromatic N) is 1. The molecule has 2 aromatic rings. The molecule has 0 radical (unpaired) electrons.